The lowest BCUT2D eigenvalue weighted by Gasteiger charge is -2.24. The zero-order valence-electron chi connectivity index (χ0n) is 6.97. The van der Waals surface area contributed by atoms with Crippen molar-refractivity contribution in [2.45, 2.75) is 17.4 Å². The van der Waals surface area contributed by atoms with Crippen LogP contribution in [-0.4, -0.2) is 9.94 Å². The summed E-state index contributed by atoms with van der Waals surface area (Å²) in [6, 6.07) is 6.75. The molecule has 0 amide bonds. The first kappa shape index (κ1) is 11.1. The molecular formula is C9H9Cl3O. The van der Waals surface area contributed by atoms with E-state index in [1.54, 1.807) is 31.2 Å². The van der Waals surface area contributed by atoms with E-state index in [1.165, 1.54) is 0 Å². The average molecular weight is 240 g/mol. The van der Waals surface area contributed by atoms with E-state index in [9.17, 15) is 5.11 Å². The van der Waals surface area contributed by atoms with Crippen molar-refractivity contribution in [2.75, 3.05) is 0 Å². The van der Waals surface area contributed by atoms with Crippen molar-refractivity contribution in [3.8, 4) is 0 Å². The van der Waals surface area contributed by atoms with E-state index >= 15 is 0 Å². The van der Waals surface area contributed by atoms with E-state index in [0.29, 0.717) is 10.6 Å². The summed E-state index contributed by atoms with van der Waals surface area (Å²) >= 11 is 16.9. The average Bonchev–Trinajstić information content (AvgIpc) is 2.04. The summed E-state index contributed by atoms with van der Waals surface area (Å²) in [5, 5.41) is 10.5. The molecule has 1 nitrogen and oxygen atoms in total. The Balaban J connectivity index is 3.01. The van der Waals surface area contributed by atoms with Crippen LogP contribution in [0.3, 0.4) is 0 Å². The van der Waals surface area contributed by atoms with Crippen LogP contribution in [0.15, 0.2) is 24.3 Å². The van der Waals surface area contributed by atoms with Gasteiger partial charge in [-0.25, -0.2) is 0 Å². The smallest absolute Gasteiger partial charge is 0.140 e. The first-order valence-corrected chi connectivity index (χ1v) is 4.96. The zero-order valence-corrected chi connectivity index (χ0v) is 9.24. The zero-order chi connectivity index (χ0) is 10.1. The Morgan fingerprint density at radius 2 is 1.69 bits per heavy atom. The molecule has 0 aliphatic carbocycles. The van der Waals surface area contributed by atoms with E-state index in [0.717, 1.165) is 0 Å². The van der Waals surface area contributed by atoms with Gasteiger partial charge in [-0.15, -0.1) is 23.2 Å². The van der Waals surface area contributed by atoms with Crippen LogP contribution in [-0.2, 0) is 5.60 Å². The molecule has 0 bridgehead atoms. The molecule has 0 spiro atoms. The number of alkyl halides is 2. The van der Waals surface area contributed by atoms with Crippen molar-refractivity contribution < 1.29 is 5.11 Å². The van der Waals surface area contributed by atoms with Gasteiger partial charge in [0, 0.05) is 5.02 Å². The Kier molecular flexibility index (Phi) is 3.47. The minimum absolute atomic E-state index is 0.611. The Morgan fingerprint density at radius 3 is 2.08 bits per heavy atom. The molecule has 0 heterocycles. The molecule has 72 valence electrons. The van der Waals surface area contributed by atoms with Gasteiger partial charge in [0.2, 0.25) is 0 Å². The Bertz CT molecular complexity index is 279. The first-order valence-electron chi connectivity index (χ1n) is 3.71. The van der Waals surface area contributed by atoms with Crippen LogP contribution in [0.5, 0.6) is 0 Å². The van der Waals surface area contributed by atoms with Crippen LogP contribution in [0, 0.1) is 0 Å². The van der Waals surface area contributed by atoms with Crippen LogP contribution < -0.4 is 0 Å². The van der Waals surface area contributed by atoms with Gasteiger partial charge in [0.05, 0.1) is 0 Å². The molecule has 1 unspecified atom stereocenters. The van der Waals surface area contributed by atoms with Gasteiger partial charge in [0.15, 0.2) is 0 Å². The van der Waals surface area contributed by atoms with Crippen LogP contribution in [0.25, 0.3) is 0 Å². The monoisotopic (exact) mass is 238 g/mol. The molecule has 0 saturated carbocycles. The molecule has 4 heteroatoms. The molecule has 1 aromatic carbocycles. The molecule has 1 aromatic rings. The maximum absolute atomic E-state index is 9.85. The molecule has 0 aromatic heterocycles. The molecule has 1 rings (SSSR count). The van der Waals surface area contributed by atoms with Crippen LogP contribution in [0.1, 0.15) is 12.5 Å². The number of halogens is 3. The minimum Gasteiger partial charge on any atom is -0.383 e. The Hall–Kier alpha value is 0.0500. The van der Waals surface area contributed by atoms with Crippen molar-refractivity contribution in [2.24, 2.45) is 0 Å². The molecule has 13 heavy (non-hydrogen) atoms. The van der Waals surface area contributed by atoms with Gasteiger partial charge in [-0.3, -0.25) is 0 Å². The second-order valence-corrected chi connectivity index (χ2v) is 4.49. The summed E-state index contributed by atoms with van der Waals surface area (Å²) < 4.78 is 0. The number of hydrogen-bond acceptors (Lipinski definition) is 1. The number of aliphatic hydroxyl groups is 1. The quantitative estimate of drug-likeness (QED) is 0.785. The highest BCUT2D eigenvalue weighted by molar-refractivity contribution is 6.45. The minimum atomic E-state index is -1.24. The fraction of sp³-hybridized carbons (Fsp3) is 0.333. The predicted molar refractivity (Wildman–Crippen MR) is 56.5 cm³/mol. The number of benzene rings is 1. The van der Waals surface area contributed by atoms with Crippen LogP contribution in [0.2, 0.25) is 5.02 Å². The second kappa shape index (κ2) is 4.05. The third kappa shape index (κ3) is 2.50. The summed E-state index contributed by atoms with van der Waals surface area (Å²) in [4.78, 5) is -0.867. The highest BCUT2D eigenvalue weighted by atomic mass is 35.5. The van der Waals surface area contributed by atoms with Gasteiger partial charge in [0.25, 0.3) is 0 Å². The maximum atomic E-state index is 9.85. The van der Waals surface area contributed by atoms with Gasteiger partial charge in [-0.2, -0.15) is 0 Å². The normalized spacial score (nSPS) is 15.8. The summed E-state index contributed by atoms with van der Waals surface area (Å²) in [6.07, 6.45) is 0. The van der Waals surface area contributed by atoms with Crippen LogP contribution in [0.4, 0.5) is 0 Å². The Morgan fingerprint density at radius 1 is 1.23 bits per heavy atom. The van der Waals surface area contributed by atoms with E-state index < -0.39 is 10.4 Å². The highest BCUT2D eigenvalue weighted by Crippen LogP contribution is 2.31. The van der Waals surface area contributed by atoms with Crippen molar-refractivity contribution >= 4 is 34.8 Å². The summed E-state index contributed by atoms with van der Waals surface area (Å²) in [6.45, 7) is 1.56. The molecule has 0 saturated heterocycles. The van der Waals surface area contributed by atoms with Crippen molar-refractivity contribution in [1.82, 2.24) is 0 Å². The summed E-state index contributed by atoms with van der Waals surface area (Å²) in [5.74, 6) is 0. The van der Waals surface area contributed by atoms with Crippen molar-refractivity contribution in [1.29, 1.82) is 0 Å². The van der Waals surface area contributed by atoms with Gasteiger partial charge in [0.1, 0.15) is 10.4 Å². The predicted octanol–water partition coefficient (Wildman–Crippen LogP) is 3.35. The van der Waals surface area contributed by atoms with Gasteiger partial charge in [-0.1, -0.05) is 23.7 Å². The molecule has 0 fully saturated rings. The van der Waals surface area contributed by atoms with Crippen LogP contribution >= 0.6 is 34.8 Å². The summed E-state index contributed by atoms with van der Waals surface area (Å²) in [7, 11) is 0. The largest absolute Gasteiger partial charge is 0.383 e. The summed E-state index contributed by atoms with van der Waals surface area (Å²) in [5.41, 5.74) is -0.597. The molecule has 0 aliphatic heterocycles. The third-order valence-corrected chi connectivity index (χ3v) is 2.96. The fourth-order valence-electron chi connectivity index (χ4n) is 0.913. The van der Waals surface area contributed by atoms with Crippen molar-refractivity contribution in [3.05, 3.63) is 34.9 Å². The van der Waals surface area contributed by atoms with Crippen molar-refractivity contribution in [3.63, 3.8) is 0 Å². The topological polar surface area (TPSA) is 20.2 Å². The molecular weight excluding hydrogens is 230 g/mol. The van der Waals surface area contributed by atoms with Gasteiger partial charge < -0.3 is 5.11 Å². The van der Waals surface area contributed by atoms with Gasteiger partial charge >= 0.3 is 0 Å². The Labute approximate surface area is 92.2 Å². The first-order chi connectivity index (χ1) is 5.94. The fourth-order valence-corrected chi connectivity index (χ4v) is 1.29. The highest BCUT2D eigenvalue weighted by Gasteiger charge is 2.30. The lowest BCUT2D eigenvalue weighted by atomic mass is 9.98. The standard InChI is InChI=1S/C9H9Cl3O/c1-9(13,8(11)12)6-2-4-7(10)5-3-6/h2-5,8,13H,1H3. The molecule has 0 radical (unpaired) electrons. The van der Waals surface area contributed by atoms with Gasteiger partial charge in [-0.05, 0) is 24.6 Å². The number of rotatable bonds is 2. The SMILES string of the molecule is CC(O)(c1ccc(Cl)cc1)C(Cl)Cl. The van der Waals surface area contributed by atoms with E-state index in [4.69, 9.17) is 34.8 Å². The number of hydrogen-bond donors (Lipinski definition) is 1. The van der Waals surface area contributed by atoms with E-state index in [1.807, 2.05) is 0 Å². The lowest BCUT2D eigenvalue weighted by molar-refractivity contribution is 0.0721. The molecule has 0 aliphatic rings. The molecule has 1 atom stereocenters. The van der Waals surface area contributed by atoms with E-state index in [2.05, 4.69) is 0 Å². The third-order valence-electron chi connectivity index (χ3n) is 1.85. The van der Waals surface area contributed by atoms with E-state index in [-0.39, 0.29) is 0 Å². The molecule has 1 N–H and O–H groups in total. The lowest BCUT2D eigenvalue weighted by Crippen LogP contribution is -2.28. The second-order valence-electron chi connectivity index (χ2n) is 2.96. The maximum Gasteiger partial charge on any atom is 0.140 e.